The fourth-order valence-electron chi connectivity index (χ4n) is 2.44. The number of nitrogens with two attached hydrogens (primary N) is 1. The molecule has 0 radical (unpaired) electrons. The van der Waals surface area contributed by atoms with E-state index in [1.165, 1.54) is 22.2 Å². The highest BCUT2D eigenvalue weighted by Crippen LogP contribution is 2.33. The maximum atomic E-state index is 5.64. The molecule has 0 spiro atoms. The lowest BCUT2D eigenvalue weighted by molar-refractivity contribution is 0.919. The van der Waals surface area contributed by atoms with Gasteiger partial charge in [0.25, 0.3) is 0 Å². The van der Waals surface area contributed by atoms with Crippen LogP contribution in [0, 0.1) is 6.92 Å². The Morgan fingerprint density at radius 2 is 1.89 bits per heavy atom. The minimum atomic E-state index is 0.552. The van der Waals surface area contributed by atoms with Gasteiger partial charge in [0.15, 0.2) is 0 Å². The number of nitrogen functional groups attached to an aromatic ring is 1. The van der Waals surface area contributed by atoms with Gasteiger partial charge in [-0.05, 0) is 25.1 Å². The van der Waals surface area contributed by atoms with Gasteiger partial charge < -0.3 is 10.3 Å². The van der Waals surface area contributed by atoms with E-state index in [1.807, 2.05) is 18.3 Å². The summed E-state index contributed by atoms with van der Waals surface area (Å²) >= 11 is 0. The molecule has 3 heteroatoms. The molecule has 0 unspecified atom stereocenters. The van der Waals surface area contributed by atoms with E-state index in [9.17, 15) is 0 Å². The number of aryl methyl sites for hydroxylation is 1. The van der Waals surface area contributed by atoms with E-state index in [0.29, 0.717) is 5.82 Å². The Labute approximate surface area is 106 Å². The summed E-state index contributed by atoms with van der Waals surface area (Å²) in [5.74, 6) is 0.552. The fraction of sp³-hybridized carbons (Fsp3) is 0.133. The smallest absolute Gasteiger partial charge is 0.123 e. The number of para-hydroxylation sites is 1. The average molecular weight is 237 g/mol. The van der Waals surface area contributed by atoms with Gasteiger partial charge in [0.1, 0.15) is 5.82 Å². The molecule has 2 aromatic heterocycles. The molecular weight excluding hydrogens is 222 g/mol. The van der Waals surface area contributed by atoms with Crippen LogP contribution in [0.4, 0.5) is 5.82 Å². The third kappa shape index (κ3) is 1.48. The summed E-state index contributed by atoms with van der Waals surface area (Å²) in [6.07, 6.45) is 1.84. The molecule has 3 aromatic rings. The van der Waals surface area contributed by atoms with E-state index >= 15 is 0 Å². The molecule has 0 saturated heterocycles. The van der Waals surface area contributed by atoms with Crippen LogP contribution in [0.3, 0.4) is 0 Å². The fourth-order valence-corrected chi connectivity index (χ4v) is 2.44. The number of hydrogen-bond acceptors (Lipinski definition) is 2. The zero-order valence-corrected chi connectivity index (χ0v) is 10.5. The number of fused-ring (bicyclic) bond motifs is 1. The summed E-state index contributed by atoms with van der Waals surface area (Å²) in [5.41, 5.74) is 10.5. The molecule has 0 aliphatic rings. The highest BCUT2D eigenvalue weighted by atomic mass is 14.9. The minimum Gasteiger partial charge on any atom is -0.384 e. The Morgan fingerprint density at radius 3 is 2.61 bits per heavy atom. The molecule has 0 atom stereocenters. The molecule has 0 saturated carbocycles. The van der Waals surface area contributed by atoms with E-state index in [-0.39, 0.29) is 0 Å². The number of benzene rings is 1. The highest BCUT2D eigenvalue weighted by molar-refractivity contribution is 5.97. The lowest BCUT2D eigenvalue weighted by Crippen LogP contribution is -1.92. The molecule has 3 nitrogen and oxygen atoms in total. The maximum Gasteiger partial charge on any atom is 0.123 e. The van der Waals surface area contributed by atoms with Gasteiger partial charge in [-0.1, -0.05) is 18.2 Å². The van der Waals surface area contributed by atoms with Gasteiger partial charge in [0.2, 0.25) is 0 Å². The summed E-state index contributed by atoms with van der Waals surface area (Å²) in [5, 5.41) is 1.25. The van der Waals surface area contributed by atoms with Gasteiger partial charge in [-0.25, -0.2) is 4.98 Å². The van der Waals surface area contributed by atoms with Crippen LogP contribution in [0.15, 0.2) is 42.6 Å². The van der Waals surface area contributed by atoms with E-state index in [0.717, 1.165) is 5.56 Å². The van der Waals surface area contributed by atoms with Crippen molar-refractivity contribution in [1.29, 1.82) is 0 Å². The van der Waals surface area contributed by atoms with Gasteiger partial charge >= 0.3 is 0 Å². The molecule has 18 heavy (non-hydrogen) atoms. The average Bonchev–Trinajstić information content (AvgIpc) is 2.64. The molecule has 2 N–H and O–H groups in total. The van der Waals surface area contributed by atoms with Gasteiger partial charge in [-0.15, -0.1) is 0 Å². The van der Waals surface area contributed by atoms with Crippen molar-refractivity contribution in [2.24, 2.45) is 7.05 Å². The molecular formula is C15H15N3. The third-order valence-electron chi connectivity index (χ3n) is 3.47. The molecule has 1 aromatic carbocycles. The summed E-state index contributed by atoms with van der Waals surface area (Å²) in [7, 11) is 2.09. The van der Waals surface area contributed by atoms with Crippen molar-refractivity contribution in [3.63, 3.8) is 0 Å². The Hall–Kier alpha value is -2.29. The predicted molar refractivity (Wildman–Crippen MR) is 75.3 cm³/mol. The summed E-state index contributed by atoms with van der Waals surface area (Å²) < 4.78 is 2.21. The lowest BCUT2D eigenvalue weighted by Gasteiger charge is -2.03. The quantitative estimate of drug-likeness (QED) is 0.706. The van der Waals surface area contributed by atoms with Crippen LogP contribution in [0.25, 0.3) is 22.0 Å². The maximum absolute atomic E-state index is 5.64. The minimum absolute atomic E-state index is 0.552. The van der Waals surface area contributed by atoms with E-state index in [2.05, 4.69) is 47.8 Å². The molecule has 0 fully saturated rings. The monoisotopic (exact) mass is 237 g/mol. The number of aromatic nitrogens is 2. The standard InChI is InChI=1S/C15H15N3/c1-10-15(11-7-8-14(16)17-9-11)12-5-3-4-6-13(12)18(10)2/h3-9H,1-2H3,(H2,16,17). The predicted octanol–water partition coefficient (Wildman–Crippen LogP) is 3.13. The van der Waals surface area contributed by atoms with Crippen LogP contribution in [-0.4, -0.2) is 9.55 Å². The van der Waals surface area contributed by atoms with E-state index in [1.54, 1.807) is 0 Å². The second-order valence-corrected chi connectivity index (χ2v) is 4.51. The van der Waals surface area contributed by atoms with Crippen LogP contribution in [0.1, 0.15) is 5.69 Å². The van der Waals surface area contributed by atoms with Gasteiger partial charge in [-0.3, -0.25) is 0 Å². The Kier molecular flexibility index (Phi) is 2.33. The largest absolute Gasteiger partial charge is 0.384 e. The molecule has 90 valence electrons. The first-order chi connectivity index (χ1) is 8.68. The SMILES string of the molecule is Cc1c(-c2ccc(N)nc2)c2ccccc2n1C. The first-order valence-corrected chi connectivity index (χ1v) is 5.94. The summed E-state index contributed by atoms with van der Waals surface area (Å²) in [6.45, 7) is 2.13. The normalized spacial score (nSPS) is 11.0. The number of anilines is 1. The topological polar surface area (TPSA) is 43.8 Å². The molecule has 0 aliphatic carbocycles. The van der Waals surface area contributed by atoms with Crippen LogP contribution < -0.4 is 5.73 Å². The van der Waals surface area contributed by atoms with E-state index < -0.39 is 0 Å². The number of hydrogen-bond donors (Lipinski definition) is 1. The van der Waals surface area contributed by atoms with E-state index in [4.69, 9.17) is 5.73 Å². The van der Waals surface area contributed by atoms with Crippen LogP contribution in [-0.2, 0) is 7.05 Å². The molecule has 0 bridgehead atoms. The second kappa shape index (κ2) is 3.88. The summed E-state index contributed by atoms with van der Waals surface area (Å²) in [6, 6.07) is 12.3. The first-order valence-electron chi connectivity index (χ1n) is 5.94. The summed E-state index contributed by atoms with van der Waals surface area (Å²) in [4.78, 5) is 4.18. The second-order valence-electron chi connectivity index (χ2n) is 4.51. The highest BCUT2D eigenvalue weighted by Gasteiger charge is 2.12. The lowest BCUT2D eigenvalue weighted by atomic mass is 10.0. The van der Waals surface area contributed by atoms with Crippen molar-refractivity contribution >= 4 is 16.7 Å². The Bertz CT molecular complexity index is 708. The van der Waals surface area contributed by atoms with Crippen molar-refractivity contribution < 1.29 is 0 Å². The first kappa shape index (κ1) is 10.8. The molecule has 3 rings (SSSR count). The van der Waals surface area contributed by atoms with Crippen LogP contribution in [0.2, 0.25) is 0 Å². The number of nitrogens with zero attached hydrogens (tertiary/aromatic N) is 2. The number of pyridine rings is 1. The van der Waals surface area contributed by atoms with Gasteiger partial charge in [0.05, 0.1) is 0 Å². The van der Waals surface area contributed by atoms with Crippen molar-refractivity contribution in [2.75, 3.05) is 5.73 Å². The van der Waals surface area contributed by atoms with Gasteiger partial charge in [0, 0.05) is 41.0 Å². The molecule has 0 amide bonds. The molecule has 0 aliphatic heterocycles. The van der Waals surface area contributed by atoms with Crippen LogP contribution >= 0.6 is 0 Å². The van der Waals surface area contributed by atoms with Gasteiger partial charge in [-0.2, -0.15) is 0 Å². The van der Waals surface area contributed by atoms with Crippen molar-refractivity contribution in [1.82, 2.24) is 9.55 Å². The Balaban J connectivity index is 2.35. The Morgan fingerprint density at radius 1 is 1.11 bits per heavy atom. The molecule has 2 heterocycles. The van der Waals surface area contributed by atoms with Crippen LogP contribution in [0.5, 0.6) is 0 Å². The van der Waals surface area contributed by atoms with Crippen molar-refractivity contribution in [2.45, 2.75) is 6.92 Å². The van der Waals surface area contributed by atoms with Crippen molar-refractivity contribution in [3.8, 4) is 11.1 Å². The van der Waals surface area contributed by atoms with Crippen molar-refractivity contribution in [3.05, 3.63) is 48.3 Å². The number of rotatable bonds is 1. The third-order valence-corrected chi connectivity index (χ3v) is 3.47. The zero-order chi connectivity index (χ0) is 12.7. The zero-order valence-electron chi connectivity index (χ0n) is 10.5.